The molecule has 2 aromatic heterocycles. The Labute approximate surface area is 154 Å². The minimum Gasteiger partial charge on any atom is -0.363 e. The Morgan fingerprint density at radius 1 is 1.31 bits per heavy atom. The molecule has 1 aliphatic heterocycles. The highest BCUT2D eigenvalue weighted by atomic mass is 16.2. The van der Waals surface area contributed by atoms with Gasteiger partial charge in [0.25, 0.3) is 0 Å². The molecule has 138 valence electrons. The molecule has 1 aliphatic rings. The van der Waals surface area contributed by atoms with Crippen molar-refractivity contribution in [1.82, 2.24) is 20.3 Å². The van der Waals surface area contributed by atoms with Gasteiger partial charge in [-0.1, -0.05) is 6.07 Å². The number of nitrogens with one attached hydrogen (secondary N) is 1. The van der Waals surface area contributed by atoms with Crippen LogP contribution in [0.3, 0.4) is 0 Å². The number of rotatable bonds is 5. The van der Waals surface area contributed by atoms with Crippen LogP contribution in [0.15, 0.2) is 36.8 Å². The highest BCUT2D eigenvalue weighted by molar-refractivity contribution is 5.83. The maximum atomic E-state index is 12.8. The van der Waals surface area contributed by atoms with E-state index in [2.05, 4.69) is 25.2 Å². The van der Waals surface area contributed by atoms with Gasteiger partial charge in [0.1, 0.15) is 18.0 Å². The third-order valence-electron chi connectivity index (χ3n) is 4.82. The summed E-state index contributed by atoms with van der Waals surface area (Å²) in [4.78, 5) is 29.9. The average molecular weight is 354 g/mol. The summed E-state index contributed by atoms with van der Waals surface area (Å²) in [6.07, 6.45) is 5.14. The van der Waals surface area contributed by atoms with Gasteiger partial charge in [-0.25, -0.2) is 9.97 Å². The normalized spacial score (nSPS) is 19.9. The lowest BCUT2D eigenvalue weighted by molar-refractivity contribution is -0.130. The molecule has 1 saturated heterocycles. The molecule has 0 aliphatic carbocycles. The SMILES string of the molecule is CN(C)c1cc(N2CCC[C@](C)(C(=O)NCc3ccccn3)C2)ncn1. The van der Waals surface area contributed by atoms with Gasteiger partial charge in [0.05, 0.1) is 17.7 Å². The first-order chi connectivity index (χ1) is 12.5. The van der Waals surface area contributed by atoms with Crippen molar-refractivity contribution in [3.63, 3.8) is 0 Å². The summed E-state index contributed by atoms with van der Waals surface area (Å²) in [6.45, 7) is 4.02. The summed E-state index contributed by atoms with van der Waals surface area (Å²) in [6, 6.07) is 7.68. The Morgan fingerprint density at radius 3 is 2.88 bits per heavy atom. The van der Waals surface area contributed by atoms with Gasteiger partial charge in [-0.15, -0.1) is 0 Å². The number of pyridine rings is 1. The zero-order valence-electron chi connectivity index (χ0n) is 15.6. The van der Waals surface area contributed by atoms with Crippen LogP contribution in [-0.2, 0) is 11.3 Å². The highest BCUT2D eigenvalue weighted by Crippen LogP contribution is 2.32. The van der Waals surface area contributed by atoms with Gasteiger partial charge in [-0.3, -0.25) is 9.78 Å². The van der Waals surface area contributed by atoms with Crippen molar-refractivity contribution in [2.24, 2.45) is 5.41 Å². The number of amides is 1. The van der Waals surface area contributed by atoms with E-state index in [0.29, 0.717) is 13.1 Å². The van der Waals surface area contributed by atoms with Crippen LogP contribution in [-0.4, -0.2) is 48.0 Å². The van der Waals surface area contributed by atoms with Gasteiger partial charge in [0.15, 0.2) is 0 Å². The van der Waals surface area contributed by atoms with Gasteiger partial charge in [-0.2, -0.15) is 0 Å². The maximum Gasteiger partial charge on any atom is 0.228 e. The summed E-state index contributed by atoms with van der Waals surface area (Å²) in [7, 11) is 3.91. The first-order valence-corrected chi connectivity index (χ1v) is 8.90. The summed E-state index contributed by atoms with van der Waals surface area (Å²) < 4.78 is 0. The third-order valence-corrected chi connectivity index (χ3v) is 4.82. The minimum atomic E-state index is -0.448. The number of aromatic nitrogens is 3. The van der Waals surface area contributed by atoms with Crippen molar-refractivity contribution < 1.29 is 4.79 Å². The van der Waals surface area contributed by atoms with E-state index in [0.717, 1.165) is 36.7 Å². The van der Waals surface area contributed by atoms with Crippen molar-refractivity contribution in [2.75, 3.05) is 37.0 Å². The number of carbonyl (C=O) groups excluding carboxylic acids is 1. The van der Waals surface area contributed by atoms with Crippen LogP contribution >= 0.6 is 0 Å². The molecule has 1 atom stereocenters. The van der Waals surface area contributed by atoms with Crippen LogP contribution in [0, 0.1) is 5.41 Å². The van der Waals surface area contributed by atoms with Crippen LogP contribution in [0.1, 0.15) is 25.5 Å². The van der Waals surface area contributed by atoms with E-state index >= 15 is 0 Å². The lowest BCUT2D eigenvalue weighted by atomic mass is 9.81. The smallest absolute Gasteiger partial charge is 0.228 e. The number of nitrogens with zero attached hydrogens (tertiary/aromatic N) is 5. The second kappa shape index (κ2) is 7.68. The average Bonchev–Trinajstić information content (AvgIpc) is 2.67. The van der Waals surface area contributed by atoms with E-state index in [1.54, 1.807) is 12.5 Å². The molecule has 7 heteroatoms. The lowest BCUT2D eigenvalue weighted by Crippen LogP contribution is -2.50. The Hall–Kier alpha value is -2.70. The molecule has 3 heterocycles. The fraction of sp³-hybridized carbons (Fsp3) is 0.474. The first kappa shape index (κ1) is 18.1. The van der Waals surface area contributed by atoms with Gasteiger partial charge in [0, 0.05) is 39.4 Å². The molecule has 3 rings (SSSR count). The van der Waals surface area contributed by atoms with Crippen LogP contribution in [0.4, 0.5) is 11.6 Å². The summed E-state index contributed by atoms with van der Waals surface area (Å²) in [5, 5.41) is 3.04. The van der Waals surface area contributed by atoms with Crippen molar-refractivity contribution in [3.8, 4) is 0 Å². The van der Waals surface area contributed by atoms with E-state index in [4.69, 9.17) is 0 Å². The Morgan fingerprint density at radius 2 is 2.15 bits per heavy atom. The highest BCUT2D eigenvalue weighted by Gasteiger charge is 2.38. The van der Waals surface area contributed by atoms with Gasteiger partial charge in [0.2, 0.25) is 5.91 Å². The number of piperidine rings is 1. The molecule has 0 spiro atoms. The number of carbonyl (C=O) groups is 1. The minimum absolute atomic E-state index is 0.0646. The Kier molecular flexibility index (Phi) is 5.35. The van der Waals surface area contributed by atoms with Crippen molar-refractivity contribution >= 4 is 17.5 Å². The summed E-state index contributed by atoms with van der Waals surface area (Å²) >= 11 is 0. The molecule has 0 radical (unpaired) electrons. The zero-order valence-corrected chi connectivity index (χ0v) is 15.6. The molecular formula is C19H26N6O. The van der Waals surface area contributed by atoms with Crippen LogP contribution in [0.25, 0.3) is 0 Å². The molecular weight excluding hydrogens is 328 g/mol. The molecule has 1 N–H and O–H groups in total. The maximum absolute atomic E-state index is 12.8. The van der Waals surface area contributed by atoms with Crippen molar-refractivity contribution in [2.45, 2.75) is 26.3 Å². The standard InChI is InChI=1S/C19H26N6O/c1-19(18(26)21-12-15-7-4-5-9-20-15)8-6-10-25(13-19)17-11-16(24(2)3)22-14-23-17/h4-5,7,9,11,14H,6,8,10,12-13H2,1-3H3,(H,21,26)/t19-/m0/s1. The molecule has 0 unspecified atom stereocenters. The number of anilines is 2. The fourth-order valence-corrected chi connectivity index (χ4v) is 3.26. The van der Waals surface area contributed by atoms with Gasteiger partial charge < -0.3 is 15.1 Å². The predicted octanol–water partition coefficient (Wildman–Crippen LogP) is 1.86. The van der Waals surface area contributed by atoms with Crippen molar-refractivity contribution in [3.05, 3.63) is 42.5 Å². The lowest BCUT2D eigenvalue weighted by Gasteiger charge is -2.40. The summed E-state index contributed by atoms with van der Waals surface area (Å²) in [5.74, 6) is 1.80. The fourth-order valence-electron chi connectivity index (χ4n) is 3.26. The molecule has 2 aromatic rings. The topological polar surface area (TPSA) is 74.2 Å². The van der Waals surface area contributed by atoms with E-state index in [1.165, 1.54) is 0 Å². The molecule has 7 nitrogen and oxygen atoms in total. The molecule has 0 aromatic carbocycles. The van der Waals surface area contributed by atoms with E-state index in [9.17, 15) is 4.79 Å². The number of hydrogen-bond donors (Lipinski definition) is 1. The Balaban J connectivity index is 1.68. The second-order valence-electron chi connectivity index (χ2n) is 7.22. The molecule has 1 fully saturated rings. The van der Waals surface area contributed by atoms with Gasteiger partial charge in [-0.05, 0) is 31.9 Å². The van der Waals surface area contributed by atoms with Crippen molar-refractivity contribution in [1.29, 1.82) is 0 Å². The zero-order chi connectivity index (χ0) is 18.6. The monoisotopic (exact) mass is 354 g/mol. The Bertz CT molecular complexity index is 751. The quantitative estimate of drug-likeness (QED) is 0.883. The van der Waals surface area contributed by atoms with E-state index < -0.39 is 5.41 Å². The van der Waals surface area contributed by atoms with Crippen LogP contribution < -0.4 is 15.1 Å². The van der Waals surface area contributed by atoms with E-state index in [-0.39, 0.29) is 5.91 Å². The number of hydrogen-bond acceptors (Lipinski definition) is 6. The molecule has 26 heavy (non-hydrogen) atoms. The van der Waals surface area contributed by atoms with E-state index in [1.807, 2.05) is 50.2 Å². The second-order valence-corrected chi connectivity index (χ2v) is 7.22. The first-order valence-electron chi connectivity index (χ1n) is 8.90. The summed E-state index contributed by atoms with van der Waals surface area (Å²) in [5.41, 5.74) is 0.416. The van der Waals surface area contributed by atoms with Crippen LogP contribution in [0.2, 0.25) is 0 Å². The third kappa shape index (κ3) is 4.09. The molecule has 0 bridgehead atoms. The molecule has 1 amide bonds. The predicted molar refractivity (Wildman–Crippen MR) is 102 cm³/mol. The van der Waals surface area contributed by atoms with Gasteiger partial charge >= 0.3 is 0 Å². The molecule has 0 saturated carbocycles. The largest absolute Gasteiger partial charge is 0.363 e. The van der Waals surface area contributed by atoms with Crippen LogP contribution in [0.5, 0.6) is 0 Å².